The average molecular weight is 178 g/mol. The molecule has 12 heavy (non-hydrogen) atoms. The summed E-state index contributed by atoms with van der Waals surface area (Å²) >= 11 is 0. The lowest BCUT2D eigenvalue weighted by molar-refractivity contribution is -0.106. The monoisotopic (exact) mass is 178 g/mol. The molecule has 0 aliphatic carbocycles. The fourth-order valence-corrected chi connectivity index (χ4v) is 1.33. The Hall–Kier alpha value is -0.200. The topological polar surface area (TPSA) is 90.2 Å². The Balaban J connectivity index is 2.72. The van der Waals surface area contributed by atoms with Crippen LogP contribution in [0.15, 0.2) is 0 Å². The molecule has 0 aromatic heterocycles. The fourth-order valence-electron chi connectivity index (χ4n) is 1.33. The summed E-state index contributed by atoms with van der Waals surface area (Å²) in [6, 6.07) is 0. The molecule has 0 amide bonds. The van der Waals surface area contributed by atoms with Crippen LogP contribution in [0.3, 0.4) is 0 Å². The van der Waals surface area contributed by atoms with Crippen LogP contribution >= 0.6 is 0 Å². The molecule has 0 bridgehead atoms. The molecule has 1 rings (SSSR count). The van der Waals surface area contributed by atoms with Gasteiger partial charge in [0.1, 0.15) is 23.9 Å². The Morgan fingerprint density at radius 3 is 2.17 bits per heavy atom. The number of hydrogen-bond acceptors (Lipinski definition) is 5. The Bertz CT molecular complexity index is 162. The highest BCUT2D eigenvalue weighted by molar-refractivity contribution is 4.98. The molecule has 4 atom stereocenters. The molecule has 0 spiro atoms. The minimum Gasteiger partial charge on any atom is -0.394 e. The van der Waals surface area contributed by atoms with Crippen LogP contribution in [-0.2, 0) is 4.74 Å². The second-order valence-electron chi connectivity index (χ2n) is 3.25. The number of ether oxygens (including phenoxy) is 1. The van der Waals surface area contributed by atoms with Crippen molar-refractivity contribution in [3.63, 3.8) is 0 Å². The minimum absolute atomic E-state index is 0.367. The molecule has 72 valence electrons. The van der Waals surface area contributed by atoms with Gasteiger partial charge in [-0.3, -0.25) is 0 Å². The summed E-state index contributed by atoms with van der Waals surface area (Å²) in [5.74, 6) is 0. The van der Waals surface area contributed by atoms with Gasteiger partial charge in [0.05, 0.1) is 13.2 Å². The third-order valence-electron chi connectivity index (χ3n) is 2.24. The van der Waals surface area contributed by atoms with Gasteiger partial charge >= 0.3 is 0 Å². The fraction of sp³-hybridized carbons (Fsp3) is 1.00. The van der Waals surface area contributed by atoms with Crippen molar-refractivity contribution in [3.8, 4) is 0 Å². The molecule has 1 aliphatic rings. The van der Waals surface area contributed by atoms with Crippen molar-refractivity contribution < 1.29 is 25.2 Å². The third-order valence-corrected chi connectivity index (χ3v) is 2.24. The van der Waals surface area contributed by atoms with E-state index in [2.05, 4.69) is 0 Å². The molecule has 1 saturated heterocycles. The highest BCUT2D eigenvalue weighted by Gasteiger charge is 2.50. The van der Waals surface area contributed by atoms with Crippen LogP contribution in [0.4, 0.5) is 0 Å². The van der Waals surface area contributed by atoms with Gasteiger partial charge in [-0.1, -0.05) is 0 Å². The molecular weight excluding hydrogens is 164 g/mol. The number of aliphatic hydroxyl groups is 4. The summed E-state index contributed by atoms with van der Waals surface area (Å²) in [6.07, 6.45) is -3.09. The first-order valence-corrected chi connectivity index (χ1v) is 3.81. The largest absolute Gasteiger partial charge is 0.394 e. The van der Waals surface area contributed by atoms with Crippen LogP contribution in [0.25, 0.3) is 0 Å². The van der Waals surface area contributed by atoms with Gasteiger partial charge < -0.3 is 25.2 Å². The molecule has 4 N–H and O–H groups in total. The summed E-state index contributed by atoms with van der Waals surface area (Å²) in [5, 5.41) is 36.2. The van der Waals surface area contributed by atoms with Crippen LogP contribution in [0.2, 0.25) is 0 Å². The van der Waals surface area contributed by atoms with Gasteiger partial charge in [-0.15, -0.1) is 0 Å². The maximum Gasteiger partial charge on any atom is 0.117 e. The number of aliphatic hydroxyl groups excluding tert-OH is 4. The normalized spacial score (nSPS) is 48.2. The van der Waals surface area contributed by atoms with Crippen molar-refractivity contribution in [1.29, 1.82) is 0 Å². The van der Waals surface area contributed by atoms with E-state index in [1.807, 2.05) is 0 Å². The Morgan fingerprint density at radius 1 is 1.33 bits per heavy atom. The maximum atomic E-state index is 9.37. The van der Waals surface area contributed by atoms with E-state index in [0.29, 0.717) is 0 Å². The van der Waals surface area contributed by atoms with E-state index in [-0.39, 0.29) is 13.2 Å². The lowest BCUT2D eigenvalue weighted by Crippen LogP contribution is -2.43. The summed E-state index contributed by atoms with van der Waals surface area (Å²) in [6.45, 7) is 0.728. The molecule has 1 aliphatic heterocycles. The van der Waals surface area contributed by atoms with E-state index in [9.17, 15) is 10.2 Å². The summed E-state index contributed by atoms with van der Waals surface area (Å²) in [4.78, 5) is 0. The zero-order valence-corrected chi connectivity index (χ0v) is 6.84. The van der Waals surface area contributed by atoms with Crippen molar-refractivity contribution in [3.05, 3.63) is 0 Å². The molecule has 0 aromatic rings. The number of rotatable bonds is 2. The van der Waals surface area contributed by atoms with Crippen LogP contribution in [0.5, 0.6) is 0 Å². The van der Waals surface area contributed by atoms with Crippen molar-refractivity contribution in [1.82, 2.24) is 0 Å². The lowest BCUT2D eigenvalue weighted by Gasteiger charge is -2.24. The zero-order valence-electron chi connectivity index (χ0n) is 6.84. The second kappa shape index (κ2) is 3.27. The summed E-state index contributed by atoms with van der Waals surface area (Å²) in [5.41, 5.74) is -1.16. The molecule has 1 heterocycles. The minimum atomic E-state index is -1.16. The van der Waals surface area contributed by atoms with Gasteiger partial charge in [0.2, 0.25) is 0 Å². The molecule has 1 unspecified atom stereocenters. The summed E-state index contributed by atoms with van der Waals surface area (Å²) in [7, 11) is 0. The molecule has 5 heteroatoms. The Labute approximate surface area is 70.2 Å². The van der Waals surface area contributed by atoms with Gasteiger partial charge in [-0.2, -0.15) is 0 Å². The molecule has 1 fully saturated rings. The van der Waals surface area contributed by atoms with Gasteiger partial charge in [-0.05, 0) is 6.92 Å². The first kappa shape index (κ1) is 9.88. The average Bonchev–Trinajstić information content (AvgIpc) is 2.31. The molecule has 0 radical (unpaired) electrons. The van der Waals surface area contributed by atoms with Gasteiger partial charge in [0.15, 0.2) is 0 Å². The second-order valence-corrected chi connectivity index (χ2v) is 3.25. The van der Waals surface area contributed by atoms with E-state index >= 15 is 0 Å². The smallest absolute Gasteiger partial charge is 0.117 e. The highest BCUT2D eigenvalue weighted by atomic mass is 16.6. The first-order valence-electron chi connectivity index (χ1n) is 3.81. The standard InChI is InChI=1S/C7H14O5/c1-7(3-9)6(11)5(10)4(2-8)12-7/h4-6,8-11H,2-3H2,1H3/t4-,5+,6?,7-/m1/s1. The SMILES string of the molecule is C[C@]1(CO)O[C@H](CO)[C@H](O)C1O. The maximum absolute atomic E-state index is 9.37. The Morgan fingerprint density at radius 2 is 1.92 bits per heavy atom. The molecule has 0 aromatic carbocycles. The first-order chi connectivity index (χ1) is 5.55. The highest BCUT2D eigenvalue weighted by Crippen LogP contribution is 2.30. The summed E-state index contributed by atoms with van der Waals surface area (Å²) < 4.78 is 5.07. The zero-order chi connectivity index (χ0) is 9.35. The van der Waals surface area contributed by atoms with E-state index in [4.69, 9.17) is 14.9 Å². The van der Waals surface area contributed by atoms with Gasteiger partial charge in [0, 0.05) is 0 Å². The quantitative estimate of drug-likeness (QED) is 0.387. The third kappa shape index (κ3) is 1.34. The van der Waals surface area contributed by atoms with Gasteiger partial charge in [0.25, 0.3) is 0 Å². The Kier molecular flexibility index (Phi) is 2.70. The van der Waals surface area contributed by atoms with E-state index in [1.165, 1.54) is 6.92 Å². The molecular formula is C7H14O5. The molecule has 0 saturated carbocycles. The number of hydrogen-bond donors (Lipinski definition) is 4. The predicted octanol–water partition coefficient (Wildman–Crippen LogP) is -2.15. The van der Waals surface area contributed by atoms with Crippen molar-refractivity contribution >= 4 is 0 Å². The molecule has 5 nitrogen and oxygen atoms in total. The van der Waals surface area contributed by atoms with E-state index in [1.54, 1.807) is 0 Å². The van der Waals surface area contributed by atoms with E-state index in [0.717, 1.165) is 0 Å². The van der Waals surface area contributed by atoms with Crippen molar-refractivity contribution in [2.24, 2.45) is 0 Å². The van der Waals surface area contributed by atoms with Crippen molar-refractivity contribution in [2.45, 2.75) is 30.8 Å². The predicted molar refractivity (Wildman–Crippen MR) is 39.5 cm³/mol. The van der Waals surface area contributed by atoms with E-state index < -0.39 is 23.9 Å². The van der Waals surface area contributed by atoms with Crippen LogP contribution < -0.4 is 0 Å². The van der Waals surface area contributed by atoms with Crippen LogP contribution in [0.1, 0.15) is 6.92 Å². The lowest BCUT2D eigenvalue weighted by atomic mass is 9.98. The van der Waals surface area contributed by atoms with Crippen LogP contribution in [-0.4, -0.2) is 57.6 Å². The van der Waals surface area contributed by atoms with Gasteiger partial charge in [-0.25, -0.2) is 0 Å². The van der Waals surface area contributed by atoms with Crippen LogP contribution in [0, 0.1) is 0 Å². The van der Waals surface area contributed by atoms with Crippen molar-refractivity contribution in [2.75, 3.05) is 13.2 Å².